The summed E-state index contributed by atoms with van der Waals surface area (Å²) in [5.41, 5.74) is -2.49. The van der Waals surface area contributed by atoms with E-state index < -0.39 is 52.8 Å². The van der Waals surface area contributed by atoms with Crippen molar-refractivity contribution in [3.63, 3.8) is 0 Å². The van der Waals surface area contributed by atoms with Crippen molar-refractivity contribution < 1.29 is 43.4 Å². The number of urea groups is 1. The van der Waals surface area contributed by atoms with Gasteiger partial charge in [-0.3, -0.25) is 14.8 Å². The highest BCUT2D eigenvalue weighted by Gasteiger charge is 2.35. The summed E-state index contributed by atoms with van der Waals surface area (Å²) in [6, 6.07) is -3.82. The van der Waals surface area contributed by atoms with Crippen molar-refractivity contribution in [2.75, 3.05) is 6.54 Å². The Balaban J connectivity index is 5.62. The largest absolute Gasteiger partial charge is 0.460 e. The number of hydroxylamine groups is 2. The molecular weight excluding hydrogens is 498 g/mol. The van der Waals surface area contributed by atoms with Crippen molar-refractivity contribution in [3.05, 3.63) is 0 Å². The predicted molar refractivity (Wildman–Crippen MR) is 139 cm³/mol. The maximum atomic E-state index is 13.0. The summed E-state index contributed by atoms with van der Waals surface area (Å²) >= 11 is 0. The zero-order valence-corrected chi connectivity index (χ0v) is 24.6. The average molecular weight is 546 g/mol. The summed E-state index contributed by atoms with van der Waals surface area (Å²) in [4.78, 5) is 61.8. The van der Waals surface area contributed by atoms with Gasteiger partial charge in [-0.15, -0.1) is 0 Å². The number of rotatable bonds is 12. The van der Waals surface area contributed by atoms with Crippen LogP contribution in [0.5, 0.6) is 0 Å². The molecule has 0 unspecified atom stereocenters. The van der Waals surface area contributed by atoms with Gasteiger partial charge < -0.3 is 24.8 Å². The molecule has 0 aromatic heterocycles. The molecule has 0 aromatic rings. The van der Waals surface area contributed by atoms with E-state index in [1.807, 2.05) is 0 Å². The highest BCUT2D eigenvalue weighted by atomic mass is 16.6. The molecule has 38 heavy (non-hydrogen) atoms. The quantitative estimate of drug-likeness (QED) is 0.110. The van der Waals surface area contributed by atoms with Crippen molar-refractivity contribution in [2.24, 2.45) is 0 Å². The second kappa shape index (κ2) is 14.9. The van der Waals surface area contributed by atoms with Crippen molar-refractivity contribution in [1.29, 1.82) is 0 Å². The number of esters is 3. The SMILES string of the molecule is CC(=O)NCCCC[C@@H](C(=O)OC(C)(C)C)N(O)C(=O)N[C@@H](CCC(=O)OC(C)(C)C)C(=O)OC(C)(C)C. The van der Waals surface area contributed by atoms with Crippen LogP contribution >= 0.6 is 0 Å². The van der Waals surface area contributed by atoms with Crippen LogP contribution in [0.1, 0.15) is 101 Å². The Kier molecular flexibility index (Phi) is 13.8. The Morgan fingerprint density at radius 2 is 1.26 bits per heavy atom. The molecule has 0 heterocycles. The van der Waals surface area contributed by atoms with Crippen LogP contribution in [0.3, 0.4) is 0 Å². The van der Waals surface area contributed by atoms with Crippen LogP contribution in [0.25, 0.3) is 0 Å². The minimum Gasteiger partial charge on any atom is -0.460 e. The van der Waals surface area contributed by atoms with Gasteiger partial charge in [-0.25, -0.2) is 14.4 Å². The first-order chi connectivity index (χ1) is 17.1. The van der Waals surface area contributed by atoms with Crippen molar-refractivity contribution >= 4 is 29.8 Å². The molecule has 12 heteroatoms. The van der Waals surface area contributed by atoms with E-state index in [2.05, 4.69) is 10.6 Å². The molecule has 12 nitrogen and oxygen atoms in total. The van der Waals surface area contributed by atoms with Crippen LogP contribution in [0.2, 0.25) is 0 Å². The van der Waals surface area contributed by atoms with Gasteiger partial charge in [0.2, 0.25) is 5.91 Å². The molecule has 0 aromatic carbocycles. The lowest BCUT2D eigenvalue weighted by Gasteiger charge is -2.30. The van der Waals surface area contributed by atoms with Gasteiger partial charge in [0.05, 0.1) is 0 Å². The van der Waals surface area contributed by atoms with Crippen LogP contribution in [-0.4, -0.2) is 75.5 Å². The van der Waals surface area contributed by atoms with Crippen molar-refractivity contribution in [2.45, 2.75) is 130 Å². The number of ether oxygens (including phenoxy) is 3. The summed E-state index contributed by atoms with van der Waals surface area (Å²) in [5, 5.41) is 15.9. The van der Waals surface area contributed by atoms with Gasteiger partial charge >= 0.3 is 23.9 Å². The molecule has 0 bridgehead atoms. The Morgan fingerprint density at radius 1 is 0.763 bits per heavy atom. The first-order valence-electron chi connectivity index (χ1n) is 12.8. The van der Waals surface area contributed by atoms with Crippen LogP contribution in [-0.2, 0) is 33.4 Å². The van der Waals surface area contributed by atoms with Crippen LogP contribution < -0.4 is 10.6 Å². The first-order valence-corrected chi connectivity index (χ1v) is 12.8. The first kappa shape index (κ1) is 35.1. The lowest BCUT2D eigenvalue weighted by molar-refractivity contribution is -0.174. The van der Waals surface area contributed by atoms with Crippen molar-refractivity contribution in [3.8, 4) is 0 Å². The molecule has 0 aliphatic heterocycles. The maximum absolute atomic E-state index is 13.0. The van der Waals surface area contributed by atoms with Gasteiger partial charge in [0, 0.05) is 19.9 Å². The molecule has 0 aliphatic rings. The maximum Gasteiger partial charge on any atom is 0.342 e. The third-order valence-corrected chi connectivity index (χ3v) is 4.51. The van der Waals surface area contributed by atoms with Crippen LogP contribution in [0, 0.1) is 0 Å². The molecular formula is C26H47N3O9. The lowest BCUT2D eigenvalue weighted by Crippen LogP contribution is -2.54. The molecule has 0 spiro atoms. The van der Waals surface area contributed by atoms with Gasteiger partial charge in [0.25, 0.3) is 0 Å². The predicted octanol–water partition coefficient (Wildman–Crippen LogP) is 3.24. The Bertz CT molecular complexity index is 823. The number of carbonyl (C=O) groups excluding carboxylic acids is 5. The Hall–Kier alpha value is -2.89. The normalized spacial score (nSPS) is 13.6. The molecule has 0 saturated carbocycles. The van der Waals surface area contributed by atoms with E-state index in [4.69, 9.17) is 14.2 Å². The zero-order valence-electron chi connectivity index (χ0n) is 24.6. The Labute approximate surface area is 226 Å². The summed E-state index contributed by atoms with van der Waals surface area (Å²) < 4.78 is 16.0. The number of nitrogens with zero attached hydrogens (tertiary/aromatic N) is 1. The van der Waals surface area contributed by atoms with E-state index in [0.717, 1.165) is 0 Å². The second-order valence-electron chi connectivity index (χ2n) is 12.0. The molecule has 3 N–H and O–H groups in total. The minimum absolute atomic E-state index is 0.0351. The van der Waals surface area contributed by atoms with Gasteiger partial charge in [0.15, 0.2) is 6.04 Å². The fourth-order valence-corrected chi connectivity index (χ4v) is 3.07. The van der Waals surface area contributed by atoms with E-state index in [9.17, 15) is 29.2 Å². The minimum atomic E-state index is -1.38. The van der Waals surface area contributed by atoms with Gasteiger partial charge in [-0.05, 0) is 88.0 Å². The zero-order chi connectivity index (χ0) is 29.9. The van der Waals surface area contributed by atoms with E-state index in [0.29, 0.717) is 19.4 Å². The summed E-state index contributed by atoms with van der Waals surface area (Å²) in [7, 11) is 0. The molecule has 220 valence electrons. The number of carbonyl (C=O) groups is 5. The van der Waals surface area contributed by atoms with Gasteiger partial charge in [-0.1, -0.05) is 0 Å². The fourth-order valence-electron chi connectivity index (χ4n) is 3.07. The summed E-state index contributed by atoms with van der Waals surface area (Å²) in [6.45, 7) is 16.7. The number of hydrogen-bond acceptors (Lipinski definition) is 9. The monoisotopic (exact) mass is 545 g/mol. The van der Waals surface area contributed by atoms with Gasteiger partial charge in [0.1, 0.15) is 22.8 Å². The highest BCUT2D eigenvalue weighted by Crippen LogP contribution is 2.17. The lowest BCUT2D eigenvalue weighted by atomic mass is 10.1. The third kappa shape index (κ3) is 16.8. The standard InChI is InChI=1S/C26H47N3O9/c1-17(30)27-16-12-11-13-19(22(33)38-26(8,9)10)29(35)23(34)28-18(21(32)37-25(5,6)7)14-15-20(31)36-24(2,3)4/h18-19,35H,11-16H2,1-10H3,(H,27,30)(H,28,34)/t18-,19-/m0/s1. The number of unbranched alkanes of at least 4 members (excludes halogenated alkanes) is 1. The van der Waals surface area contributed by atoms with Crippen LogP contribution in [0.15, 0.2) is 0 Å². The van der Waals surface area contributed by atoms with E-state index >= 15 is 0 Å². The van der Waals surface area contributed by atoms with E-state index in [1.54, 1.807) is 62.3 Å². The summed E-state index contributed by atoms with van der Waals surface area (Å²) in [5.74, 6) is -2.42. The smallest absolute Gasteiger partial charge is 0.342 e. The van der Waals surface area contributed by atoms with Crippen LogP contribution in [0.4, 0.5) is 4.79 Å². The molecule has 0 aliphatic carbocycles. The van der Waals surface area contributed by atoms with Gasteiger partial charge in [-0.2, -0.15) is 5.06 Å². The topological polar surface area (TPSA) is 161 Å². The number of nitrogens with one attached hydrogen (secondary N) is 2. The molecule has 0 fully saturated rings. The number of amides is 3. The van der Waals surface area contributed by atoms with E-state index in [1.165, 1.54) is 6.92 Å². The van der Waals surface area contributed by atoms with E-state index in [-0.39, 0.29) is 30.2 Å². The third-order valence-electron chi connectivity index (χ3n) is 4.51. The summed E-state index contributed by atoms with van der Waals surface area (Å²) in [6.07, 6.45) is 0.545. The molecule has 0 saturated heterocycles. The van der Waals surface area contributed by atoms with Crippen molar-refractivity contribution in [1.82, 2.24) is 15.7 Å². The molecule has 2 atom stereocenters. The average Bonchev–Trinajstić information content (AvgIpc) is 2.68. The molecule has 3 amide bonds. The highest BCUT2D eigenvalue weighted by molar-refractivity contribution is 5.87. The second-order valence-corrected chi connectivity index (χ2v) is 12.0. The number of hydrogen-bond donors (Lipinski definition) is 3. The Morgan fingerprint density at radius 3 is 1.74 bits per heavy atom. The molecule has 0 rings (SSSR count). The molecule has 0 radical (unpaired) electrons. The fraction of sp³-hybridized carbons (Fsp3) is 0.808.